The number of aliphatic hydroxyl groups excluding tert-OH is 2. The van der Waals surface area contributed by atoms with Crippen LogP contribution in [0.1, 0.15) is 11.1 Å². The van der Waals surface area contributed by atoms with Gasteiger partial charge < -0.3 is 25.8 Å². The summed E-state index contributed by atoms with van der Waals surface area (Å²) >= 11 is 0. The van der Waals surface area contributed by atoms with E-state index in [1.165, 1.54) is 11.9 Å². The Morgan fingerprint density at radius 2 is 1.83 bits per heavy atom. The summed E-state index contributed by atoms with van der Waals surface area (Å²) in [6.45, 7) is 0.951. The van der Waals surface area contributed by atoms with E-state index in [0.717, 1.165) is 22.4 Å². The van der Waals surface area contributed by atoms with Crippen molar-refractivity contribution in [3.05, 3.63) is 54.0 Å². The highest BCUT2D eigenvalue weighted by atomic mass is 16.3. The summed E-state index contributed by atoms with van der Waals surface area (Å²) in [5.41, 5.74) is 3.80. The van der Waals surface area contributed by atoms with Crippen molar-refractivity contribution >= 4 is 16.9 Å². The van der Waals surface area contributed by atoms with Crippen LogP contribution in [0, 0.1) is 0 Å². The van der Waals surface area contributed by atoms with Crippen molar-refractivity contribution in [3.63, 3.8) is 0 Å². The van der Waals surface area contributed by atoms with Crippen LogP contribution in [0.2, 0.25) is 0 Å². The molecule has 7 heteroatoms. The number of rotatable bonds is 8. The molecule has 126 valence electrons. The van der Waals surface area contributed by atoms with E-state index >= 15 is 0 Å². The molecule has 0 bridgehead atoms. The van der Waals surface area contributed by atoms with E-state index in [0.29, 0.717) is 13.1 Å². The molecule has 0 spiro atoms. The molecule has 5 N–H and O–H groups in total. The minimum Gasteiger partial charge on any atom is -0.395 e. The molecule has 2 aromatic heterocycles. The zero-order valence-corrected chi connectivity index (χ0v) is 13.2. The van der Waals surface area contributed by atoms with E-state index in [1.54, 1.807) is 0 Å². The van der Waals surface area contributed by atoms with Gasteiger partial charge in [-0.05, 0) is 5.56 Å². The van der Waals surface area contributed by atoms with Crippen LogP contribution in [-0.2, 0) is 13.1 Å². The first-order valence-electron chi connectivity index (χ1n) is 7.85. The molecule has 0 atom stereocenters. The monoisotopic (exact) mass is 327 g/mol. The molecule has 2 heterocycles. The smallest absolute Gasteiger partial charge is 0.154 e. The van der Waals surface area contributed by atoms with Crippen molar-refractivity contribution in [2.45, 2.75) is 19.1 Å². The molecule has 0 saturated heterocycles. The summed E-state index contributed by atoms with van der Waals surface area (Å²) in [6, 6.07) is 9.77. The minimum atomic E-state index is -0.340. The second-order valence-corrected chi connectivity index (χ2v) is 5.54. The van der Waals surface area contributed by atoms with Crippen LogP contribution in [-0.4, -0.2) is 44.4 Å². The predicted molar refractivity (Wildman–Crippen MR) is 92.5 cm³/mol. The van der Waals surface area contributed by atoms with Gasteiger partial charge in [-0.2, -0.15) is 0 Å². The van der Waals surface area contributed by atoms with E-state index in [-0.39, 0.29) is 19.3 Å². The second-order valence-electron chi connectivity index (χ2n) is 5.54. The summed E-state index contributed by atoms with van der Waals surface area (Å²) in [6.07, 6.45) is 3.40. The topological polar surface area (TPSA) is 106 Å². The number of hydrogen-bond donors (Lipinski definition) is 5. The molecule has 24 heavy (non-hydrogen) atoms. The first-order valence-corrected chi connectivity index (χ1v) is 7.85. The highest BCUT2D eigenvalue weighted by Gasteiger charge is 2.12. The van der Waals surface area contributed by atoms with Crippen molar-refractivity contribution in [1.29, 1.82) is 0 Å². The average Bonchev–Trinajstić information content (AvgIpc) is 3.05. The molecule has 0 saturated carbocycles. The standard InChI is InChI=1S/C17H21N5O2/c23-9-14(10-24)18-7-13-8-19-16-15(13)21-11-22-17(16)20-6-12-4-2-1-3-5-12/h1-5,8,11,14,18-19,23-24H,6-7,9-10H2,(H,20,21,22). The summed E-state index contributed by atoms with van der Waals surface area (Å²) in [7, 11) is 0. The number of nitrogens with zero attached hydrogens (tertiary/aromatic N) is 2. The van der Waals surface area contributed by atoms with Gasteiger partial charge in [0.1, 0.15) is 11.8 Å². The molecule has 3 rings (SSSR count). The van der Waals surface area contributed by atoms with E-state index in [2.05, 4.69) is 37.7 Å². The lowest BCUT2D eigenvalue weighted by Crippen LogP contribution is -2.35. The van der Waals surface area contributed by atoms with Crippen molar-refractivity contribution in [2.75, 3.05) is 18.5 Å². The van der Waals surface area contributed by atoms with Crippen molar-refractivity contribution in [1.82, 2.24) is 20.3 Å². The predicted octanol–water partition coefficient (Wildman–Crippen LogP) is 1.01. The van der Waals surface area contributed by atoms with E-state index in [4.69, 9.17) is 10.2 Å². The number of H-pyrrole nitrogens is 1. The summed E-state index contributed by atoms with van der Waals surface area (Å²) in [5, 5.41) is 24.7. The Morgan fingerprint density at radius 1 is 1.04 bits per heavy atom. The number of nitrogens with one attached hydrogen (secondary N) is 3. The minimum absolute atomic E-state index is 0.113. The molecule has 0 radical (unpaired) electrons. The summed E-state index contributed by atoms with van der Waals surface area (Å²) < 4.78 is 0. The molecule has 7 nitrogen and oxygen atoms in total. The van der Waals surface area contributed by atoms with Gasteiger partial charge in [0.25, 0.3) is 0 Å². The van der Waals surface area contributed by atoms with Gasteiger partial charge in [0, 0.05) is 24.8 Å². The normalized spacial score (nSPS) is 11.3. The van der Waals surface area contributed by atoms with E-state index in [9.17, 15) is 0 Å². The number of anilines is 1. The molecule has 0 aliphatic carbocycles. The highest BCUT2D eigenvalue weighted by molar-refractivity contribution is 5.88. The van der Waals surface area contributed by atoms with Gasteiger partial charge in [0.2, 0.25) is 0 Å². The third-order valence-corrected chi connectivity index (χ3v) is 3.87. The Balaban J connectivity index is 1.74. The third-order valence-electron chi connectivity index (χ3n) is 3.87. The van der Waals surface area contributed by atoms with Crippen molar-refractivity contribution in [2.24, 2.45) is 0 Å². The molecule has 0 unspecified atom stereocenters. The number of fused-ring (bicyclic) bond motifs is 1. The van der Waals surface area contributed by atoms with Gasteiger partial charge in [0.15, 0.2) is 5.82 Å². The van der Waals surface area contributed by atoms with Crippen LogP contribution in [0.25, 0.3) is 11.0 Å². The molecule has 3 aromatic rings. The number of aromatic amines is 1. The Bertz CT molecular complexity index is 771. The van der Waals surface area contributed by atoms with Crippen molar-refractivity contribution in [3.8, 4) is 0 Å². The molecule has 0 aliphatic heterocycles. The SMILES string of the molecule is OCC(CO)NCc1c[nH]c2c(NCc3ccccc3)ncnc12. The maximum atomic E-state index is 9.12. The van der Waals surface area contributed by atoms with Gasteiger partial charge in [-0.15, -0.1) is 0 Å². The number of aliphatic hydroxyl groups is 2. The van der Waals surface area contributed by atoms with Crippen LogP contribution in [0.4, 0.5) is 5.82 Å². The maximum absolute atomic E-state index is 9.12. The summed E-state index contributed by atoms with van der Waals surface area (Å²) in [5.74, 6) is 0.746. The Hall–Kier alpha value is -2.48. The first-order chi connectivity index (χ1) is 11.8. The van der Waals surface area contributed by atoms with Gasteiger partial charge in [-0.1, -0.05) is 30.3 Å². The largest absolute Gasteiger partial charge is 0.395 e. The maximum Gasteiger partial charge on any atom is 0.154 e. The fraction of sp³-hybridized carbons (Fsp3) is 0.294. The number of hydrogen-bond acceptors (Lipinski definition) is 6. The lowest BCUT2D eigenvalue weighted by Gasteiger charge is -2.12. The van der Waals surface area contributed by atoms with Crippen LogP contribution in [0.3, 0.4) is 0 Å². The molecule has 0 aliphatic rings. The molecular formula is C17H21N5O2. The van der Waals surface area contributed by atoms with Gasteiger partial charge >= 0.3 is 0 Å². The van der Waals surface area contributed by atoms with E-state index < -0.39 is 0 Å². The van der Waals surface area contributed by atoms with Crippen LogP contribution in [0.15, 0.2) is 42.9 Å². The van der Waals surface area contributed by atoms with E-state index in [1.807, 2.05) is 24.4 Å². The van der Waals surface area contributed by atoms with Crippen LogP contribution in [0.5, 0.6) is 0 Å². The first kappa shape index (κ1) is 16.4. The zero-order valence-electron chi connectivity index (χ0n) is 13.2. The molecule has 0 fully saturated rings. The Labute approximate surface area is 139 Å². The van der Waals surface area contributed by atoms with Gasteiger partial charge in [-0.25, -0.2) is 9.97 Å². The van der Waals surface area contributed by atoms with Crippen molar-refractivity contribution < 1.29 is 10.2 Å². The molecule has 0 amide bonds. The second kappa shape index (κ2) is 7.87. The number of aromatic nitrogens is 3. The number of benzene rings is 1. The third kappa shape index (κ3) is 3.70. The molecule has 1 aromatic carbocycles. The Morgan fingerprint density at radius 3 is 2.58 bits per heavy atom. The fourth-order valence-electron chi connectivity index (χ4n) is 2.48. The lowest BCUT2D eigenvalue weighted by atomic mass is 10.2. The zero-order chi connectivity index (χ0) is 16.8. The fourth-order valence-corrected chi connectivity index (χ4v) is 2.48. The average molecular weight is 327 g/mol. The quantitative estimate of drug-likeness (QED) is 0.423. The Kier molecular flexibility index (Phi) is 5.37. The van der Waals surface area contributed by atoms with Gasteiger partial charge in [0.05, 0.1) is 24.8 Å². The lowest BCUT2D eigenvalue weighted by molar-refractivity contribution is 0.170. The summed E-state index contributed by atoms with van der Waals surface area (Å²) in [4.78, 5) is 11.8. The van der Waals surface area contributed by atoms with Crippen LogP contribution < -0.4 is 10.6 Å². The highest BCUT2D eigenvalue weighted by Crippen LogP contribution is 2.21. The van der Waals surface area contributed by atoms with Gasteiger partial charge in [-0.3, -0.25) is 0 Å². The molecular weight excluding hydrogens is 306 g/mol. The van der Waals surface area contributed by atoms with Crippen LogP contribution >= 0.6 is 0 Å².